The van der Waals surface area contributed by atoms with E-state index in [-0.39, 0.29) is 0 Å². The van der Waals surface area contributed by atoms with Crippen LogP contribution >= 0.6 is 34.2 Å². The van der Waals surface area contributed by atoms with E-state index in [1.165, 1.54) is 0 Å². The molecule has 0 bridgehead atoms. The first-order valence-electron chi connectivity index (χ1n) is 5.84. The van der Waals surface area contributed by atoms with Crippen LogP contribution in [0.1, 0.15) is 19.6 Å². The molecule has 0 saturated carbocycles. The van der Waals surface area contributed by atoms with Gasteiger partial charge in [0, 0.05) is 20.2 Å². The van der Waals surface area contributed by atoms with Gasteiger partial charge in [0.05, 0.1) is 6.54 Å². The summed E-state index contributed by atoms with van der Waals surface area (Å²) >= 11 is 8.22. The van der Waals surface area contributed by atoms with Gasteiger partial charge in [0.25, 0.3) is 0 Å². The number of nitrogens with one attached hydrogen (secondary N) is 1. The molecule has 0 aliphatic heterocycles. The van der Waals surface area contributed by atoms with Crippen molar-refractivity contribution in [2.45, 2.75) is 26.4 Å². The Bertz CT molecular complexity index is 536. The van der Waals surface area contributed by atoms with Crippen molar-refractivity contribution in [3.63, 3.8) is 0 Å². The van der Waals surface area contributed by atoms with Crippen LogP contribution in [-0.4, -0.2) is 6.04 Å². The fraction of sp³-hybridized carbons (Fsp3) is 0.286. The molecule has 18 heavy (non-hydrogen) atoms. The third-order valence-electron chi connectivity index (χ3n) is 2.54. The topological polar surface area (TPSA) is 25.2 Å². The van der Waals surface area contributed by atoms with Crippen LogP contribution < -0.4 is 5.32 Å². The highest BCUT2D eigenvalue weighted by atomic mass is 127. The van der Waals surface area contributed by atoms with E-state index >= 15 is 0 Å². The molecular weight excluding hydrogens is 361 g/mol. The lowest BCUT2D eigenvalue weighted by molar-refractivity contribution is 0.473. The van der Waals surface area contributed by atoms with E-state index in [9.17, 15) is 0 Å². The van der Waals surface area contributed by atoms with Gasteiger partial charge in [0.15, 0.2) is 0 Å². The lowest BCUT2D eigenvalue weighted by Gasteiger charge is -2.05. The molecule has 96 valence electrons. The zero-order chi connectivity index (χ0) is 13.1. The Balaban J connectivity index is 2.18. The normalized spacial score (nSPS) is 11.2. The number of benzene rings is 1. The predicted octanol–water partition coefficient (Wildman–Crippen LogP) is 4.70. The molecule has 2 nitrogen and oxygen atoms in total. The highest BCUT2D eigenvalue weighted by Crippen LogP contribution is 2.29. The van der Waals surface area contributed by atoms with Gasteiger partial charge in [-0.15, -0.1) is 0 Å². The molecule has 0 atom stereocenters. The Kier molecular flexibility index (Phi) is 4.70. The van der Waals surface area contributed by atoms with Crippen molar-refractivity contribution < 1.29 is 4.42 Å². The Hall–Kier alpha value is -0.520. The Labute approximate surface area is 126 Å². The molecule has 0 spiro atoms. The summed E-state index contributed by atoms with van der Waals surface area (Å²) in [6.07, 6.45) is 0. The van der Waals surface area contributed by atoms with E-state index in [2.05, 4.69) is 41.8 Å². The lowest BCUT2D eigenvalue weighted by atomic mass is 10.2. The molecule has 1 aromatic carbocycles. The second-order valence-corrected chi connectivity index (χ2v) is 6.02. The Morgan fingerprint density at radius 1 is 1.28 bits per heavy atom. The molecule has 2 rings (SSSR count). The minimum absolute atomic E-state index is 0.453. The highest BCUT2D eigenvalue weighted by molar-refractivity contribution is 14.1. The lowest BCUT2D eigenvalue weighted by Crippen LogP contribution is -2.21. The van der Waals surface area contributed by atoms with E-state index in [0.717, 1.165) is 32.2 Å². The molecule has 2 aromatic rings. The van der Waals surface area contributed by atoms with E-state index in [1.54, 1.807) is 0 Å². The summed E-state index contributed by atoms with van der Waals surface area (Å²) in [6.45, 7) is 4.99. The van der Waals surface area contributed by atoms with E-state index < -0.39 is 0 Å². The van der Waals surface area contributed by atoms with Crippen LogP contribution in [0, 0.1) is 3.57 Å². The Morgan fingerprint density at radius 3 is 2.72 bits per heavy atom. The van der Waals surface area contributed by atoms with Gasteiger partial charge in [-0.05, 0) is 52.9 Å². The first-order chi connectivity index (χ1) is 8.56. The van der Waals surface area contributed by atoms with E-state index in [1.807, 2.05) is 30.3 Å². The SMILES string of the molecule is CC(C)NCc1ccc(-c2ccc(Cl)cc2I)o1. The van der Waals surface area contributed by atoms with Gasteiger partial charge >= 0.3 is 0 Å². The molecule has 0 unspecified atom stereocenters. The molecule has 1 N–H and O–H groups in total. The fourth-order valence-corrected chi connectivity index (χ4v) is 2.75. The standard InChI is InChI=1S/C14H15ClINO/c1-9(2)17-8-11-4-6-14(18-11)12-5-3-10(15)7-13(12)16/h3-7,9,17H,8H2,1-2H3. The van der Waals surface area contributed by atoms with Crippen LogP contribution in [0.4, 0.5) is 0 Å². The van der Waals surface area contributed by atoms with Gasteiger partial charge in [-0.2, -0.15) is 0 Å². The predicted molar refractivity (Wildman–Crippen MR) is 83.8 cm³/mol. The van der Waals surface area contributed by atoms with Crippen molar-refractivity contribution in [1.82, 2.24) is 5.32 Å². The average Bonchev–Trinajstić information content (AvgIpc) is 2.75. The van der Waals surface area contributed by atoms with Crippen LogP contribution in [0.5, 0.6) is 0 Å². The number of rotatable bonds is 4. The summed E-state index contributed by atoms with van der Waals surface area (Å²) in [5.41, 5.74) is 1.08. The molecule has 1 heterocycles. The quantitative estimate of drug-likeness (QED) is 0.784. The maximum absolute atomic E-state index is 5.95. The molecular formula is C14H15ClINO. The zero-order valence-corrected chi connectivity index (χ0v) is 13.2. The van der Waals surface area contributed by atoms with Crippen LogP contribution in [0.25, 0.3) is 11.3 Å². The molecule has 0 saturated heterocycles. The first-order valence-corrected chi connectivity index (χ1v) is 7.29. The van der Waals surface area contributed by atoms with Crippen LogP contribution in [-0.2, 0) is 6.54 Å². The monoisotopic (exact) mass is 375 g/mol. The number of halogens is 2. The van der Waals surface area contributed by atoms with Gasteiger partial charge in [-0.3, -0.25) is 0 Å². The minimum Gasteiger partial charge on any atom is -0.460 e. The maximum atomic E-state index is 5.95. The van der Waals surface area contributed by atoms with Gasteiger partial charge < -0.3 is 9.73 Å². The van der Waals surface area contributed by atoms with Gasteiger partial charge in [-0.1, -0.05) is 25.4 Å². The third kappa shape index (κ3) is 3.49. The molecule has 1 aromatic heterocycles. The van der Waals surface area contributed by atoms with Crippen molar-refractivity contribution in [2.24, 2.45) is 0 Å². The van der Waals surface area contributed by atoms with E-state index in [4.69, 9.17) is 16.0 Å². The number of furan rings is 1. The summed E-state index contributed by atoms with van der Waals surface area (Å²) < 4.78 is 6.93. The van der Waals surface area contributed by atoms with Crippen molar-refractivity contribution in [3.8, 4) is 11.3 Å². The van der Waals surface area contributed by atoms with Crippen molar-refractivity contribution >= 4 is 34.2 Å². The van der Waals surface area contributed by atoms with Crippen molar-refractivity contribution in [1.29, 1.82) is 0 Å². The van der Waals surface area contributed by atoms with E-state index in [0.29, 0.717) is 6.04 Å². The summed E-state index contributed by atoms with van der Waals surface area (Å²) in [5.74, 6) is 1.83. The molecule has 0 aliphatic carbocycles. The van der Waals surface area contributed by atoms with Gasteiger partial charge in [0.2, 0.25) is 0 Å². The summed E-state index contributed by atoms with van der Waals surface area (Å²) in [4.78, 5) is 0. The van der Waals surface area contributed by atoms with Crippen LogP contribution in [0.15, 0.2) is 34.7 Å². The molecule has 0 fully saturated rings. The summed E-state index contributed by atoms with van der Waals surface area (Å²) in [5, 5.41) is 4.08. The van der Waals surface area contributed by atoms with Crippen molar-refractivity contribution in [2.75, 3.05) is 0 Å². The molecule has 0 aliphatic rings. The molecule has 0 radical (unpaired) electrons. The smallest absolute Gasteiger partial charge is 0.135 e. The molecule has 4 heteroatoms. The Morgan fingerprint density at radius 2 is 2.06 bits per heavy atom. The number of hydrogen-bond donors (Lipinski definition) is 1. The number of hydrogen-bond acceptors (Lipinski definition) is 2. The average molecular weight is 376 g/mol. The highest BCUT2D eigenvalue weighted by Gasteiger charge is 2.08. The first kappa shape index (κ1) is 13.9. The maximum Gasteiger partial charge on any atom is 0.135 e. The van der Waals surface area contributed by atoms with Gasteiger partial charge in [-0.25, -0.2) is 0 Å². The second-order valence-electron chi connectivity index (χ2n) is 4.43. The van der Waals surface area contributed by atoms with Crippen LogP contribution in [0.2, 0.25) is 5.02 Å². The van der Waals surface area contributed by atoms with Crippen molar-refractivity contribution in [3.05, 3.63) is 44.7 Å². The summed E-state index contributed by atoms with van der Waals surface area (Å²) in [7, 11) is 0. The molecule has 0 amide bonds. The largest absolute Gasteiger partial charge is 0.460 e. The second kappa shape index (κ2) is 6.08. The fourth-order valence-electron chi connectivity index (χ4n) is 1.61. The van der Waals surface area contributed by atoms with Crippen LogP contribution in [0.3, 0.4) is 0 Å². The van der Waals surface area contributed by atoms with Gasteiger partial charge in [0.1, 0.15) is 11.5 Å². The summed E-state index contributed by atoms with van der Waals surface area (Å²) in [6, 6.07) is 10.3. The minimum atomic E-state index is 0.453. The zero-order valence-electron chi connectivity index (χ0n) is 10.3. The third-order valence-corrected chi connectivity index (χ3v) is 3.67.